The Balaban J connectivity index is 2.69. The molecule has 19 heavy (non-hydrogen) atoms. The van der Waals surface area contributed by atoms with Gasteiger partial charge in [-0.3, -0.25) is 10.1 Å². The van der Waals surface area contributed by atoms with Crippen molar-refractivity contribution >= 4 is 23.2 Å². The van der Waals surface area contributed by atoms with Crippen molar-refractivity contribution in [3.05, 3.63) is 61.0 Å². The largest absolute Gasteiger partial charge is 0.342 e. The summed E-state index contributed by atoms with van der Waals surface area (Å²) in [5.41, 5.74) is 0.348. The minimum Gasteiger partial charge on any atom is -0.342 e. The van der Waals surface area contributed by atoms with Crippen LogP contribution in [0.3, 0.4) is 0 Å². The summed E-state index contributed by atoms with van der Waals surface area (Å²) in [7, 11) is 0. The highest BCUT2D eigenvalue weighted by molar-refractivity contribution is 7.80. The summed E-state index contributed by atoms with van der Waals surface area (Å²) in [4.78, 5) is 13.6. The summed E-state index contributed by atoms with van der Waals surface area (Å²) in [6.07, 6.45) is 3.36. The fourth-order valence-corrected chi connectivity index (χ4v) is 1.64. The topological polar surface area (TPSA) is 32.3 Å². The maximum absolute atomic E-state index is 12.8. The van der Waals surface area contributed by atoms with Crippen LogP contribution in [0.25, 0.3) is 0 Å². The third-order valence-corrected chi connectivity index (χ3v) is 2.67. The maximum Gasteiger partial charge on any atom is 0.257 e. The van der Waals surface area contributed by atoms with E-state index in [0.29, 0.717) is 18.7 Å². The predicted molar refractivity (Wildman–Crippen MR) is 78.4 cm³/mol. The summed E-state index contributed by atoms with van der Waals surface area (Å²) >= 11 is 5.13. The minimum absolute atomic E-state index is 0.286. The van der Waals surface area contributed by atoms with Gasteiger partial charge in [0.05, 0.1) is 0 Å². The molecule has 3 nitrogen and oxygen atoms in total. The van der Waals surface area contributed by atoms with Gasteiger partial charge in [0.15, 0.2) is 5.11 Å². The molecule has 1 amide bonds. The molecule has 0 aliphatic rings. The lowest BCUT2D eigenvalue weighted by atomic mass is 10.2. The summed E-state index contributed by atoms with van der Waals surface area (Å²) < 4.78 is 12.8. The molecule has 1 N–H and O–H groups in total. The Labute approximate surface area is 117 Å². The van der Waals surface area contributed by atoms with E-state index in [-0.39, 0.29) is 16.8 Å². The highest BCUT2D eigenvalue weighted by atomic mass is 32.1. The van der Waals surface area contributed by atoms with Crippen molar-refractivity contribution in [2.75, 3.05) is 13.1 Å². The first-order chi connectivity index (χ1) is 9.08. The molecule has 0 saturated carbocycles. The number of carbonyl (C=O) groups excluding carboxylic acids is 1. The number of hydrogen-bond acceptors (Lipinski definition) is 2. The van der Waals surface area contributed by atoms with Crippen molar-refractivity contribution < 1.29 is 9.18 Å². The molecule has 0 spiro atoms. The fourth-order valence-electron chi connectivity index (χ4n) is 1.40. The smallest absolute Gasteiger partial charge is 0.257 e. The zero-order chi connectivity index (χ0) is 14.3. The second kappa shape index (κ2) is 7.43. The molecule has 1 rings (SSSR count). The Morgan fingerprint density at radius 1 is 1.26 bits per heavy atom. The quantitative estimate of drug-likeness (QED) is 0.663. The van der Waals surface area contributed by atoms with E-state index in [1.165, 1.54) is 24.3 Å². The van der Waals surface area contributed by atoms with E-state index >= 15 is 0 Å². The summed E-state index contributed by atoms with van der Waals surface area (Å²) in [6, 6.07) is 5.25. The number of halogens is 1. The molecule has 0 aromatic heterocycles. The van der Waals surface area contributed by atoms with Crippen LogP contribution < -0.4 is 5.32 Å². The Bertz CT molecular complexity index is 475. The van der Waals surface area contributed by atoms with E-state index in [2.05, 4.69) is 18.5 Å². The zero-order valence-corrected chi connectivity index (χ0v) is 11.3. The molecule has 0 heterocycles. The van der Waals surface area contributed by atoms with Crippen molar-refractivity contribution in [1.29, 1.82) is 0 Å². The Kier molecular flexibility index (Phi) is 5.89. The molecule has 0 fully saturated rings. The van der Waals surface area contributed by atoms with Crippen LogP contribution in [0.1, 0.15) is 10.4 Å². The number of carbonyl (C=O) groups is 1. The van der Waals surface area contributed by atoms with Crippen molar-refractivity contribution in [2.45, 2.75) is 0 Å². The standard InChI is InChI=1S/C14H15FN2OS/c1-3-9-17(10-4-2)14(19)16-13(18)11-5-7-12(15)8-6-11/h3-8H,1-2,9-10H2,(H,16,18,19). The second-order valence-electron chi connectivity index (χ2n) is 3.75. The van der Waals surface area contributed by atoms with E-state index in [1.807, 2.05) is 0 Å². The van der Waals surface area contributed by atoms with Gasteiger partial charge in [-0.1, -0.05) is 12.2 Å². The van der Waals surface area contributed by atoms with Gasteiger partial charge >= 0.3 is 0 Å². The first-order valence-corrected chi connectivity index (χ1v) is 6.07. The summed E-state index contributed by atoms with van der Waals surface area (Å²) in [6.45, 7) is 8.26. The van der Waals surface area contributed by atoms with Crippen LogP contribution in [-0.4, -0.2) is 29.0 Å². The molecular weight excluding hydrogens is 263 g/mol. The molecule has 5 heteroatoms. The lowest BCUT2D eigenvalue weighted by molar-refractivity contribution is 0.0974. The van der Waals surface area contributed by atoms with E-state index in [9.17, 15) is 9.18 Å². The molecule has 1 aromatic carbocycles. The van der Waals surface area contributed by atoms with E-state index in [1.54, 1.807) is 17.1 Å². The van der Waals surface area contributed by atoms with Gasteiger partial charge in [-0.05, 0) is 36.5 Å². The van der Waals surface area contributed by atoms with Crippen molar-refractivity contribution in [1.82, 2.24) is 10.2 Å². The summed E-state index contributed by atoms with van der Waals surface area (Å²) in [5, 5.41) is 2.87. The number of amides is 1. The number of hydrogen-bond donors (Lipinski definition) is 1. The molecule has 0 radical (unpaired) electrons. The average molecular weight is 278 g/mol. The molecule has 100 valence electrons. The Morgan fingerprint density at radius 3 is 2.26 bits per heavy atom. The lowest BCUT2D eigenvalue weighted by Crippen LogP contribution is -2.42. The number of nitrogens with one attached hydrogen (secondary N) is 1. The molecule has 0 unspecified atom stereocenters. The van der Waals surface area contributed by atoms with Gasteiger partial charge in [0.1, 0.15) is 5.82 Å². The first kappa shape index (κ1) is 15.0. The predicted octanol–water partition coefficient (Wildman–Crippen LogP) is 2.51. The molecule has 0 bridgehead atoms. The number of rotatable bonds is 5. The molecule has 1 aromatic rings. The van der Waals surface area contributed by atoms with Gasteiger partial charge in [0, 0.05) is 18.7 Å². The van der Waals surface area contributed by atoms with Crippen LogP contribution >= 0.6 is 12.2 Å². The van der Waals surface area contributed by atoms with E-state index < -0.39 is 0 Å². The Morgan fingerprint density at radius 2 is 1.79 bits per heavy atom. The molecule has 0 aliphatic carbocycles. The third kappa shape index (κ3) is 4.63. The van der Waals surface area contributed by atoms with Crippen molar-refractivity contribution in [3.8, 4) is 0 Å². The van der Waals surface area contributed by atoms with E-state index in [0.717, 1.165) is 0 Å². The van der Waals surface area contributed by atoms with Gasteiger partial charge in [-0.2, -0.15) is 0 Å². The Hall–Kier alpha value is -2.01. The van der Waals surface area contributed by atoms with Gasteiger partial charge in [-0.25, -0.2) is 4.39 Å². The highest BCUT2D eigenvalue weighted by Gasteiger charge is 2.11. The number of benzene rings is 1. The SMILES string of the molecule is C=CCN(CC=C)C(=S)NC(=O)c1ccc(F)cc1. The van der Waals surface area contributed by atoms with Gasteiger partial charge in [0.2, 0.25) is 0 Å². The molecule has 0 atom stereocenters. The van der Waals surface area contributed by atoms with Crippen LogP contribution in [0.4, 0.5) is 4.39 Å². The normalized spacial score (nSPS) is 9.53. The second-order valence-corrected chi connectivity index (χ2v) is 4.14. The maximum atomic E-state index is 12.8. The van der Waals surface area contributed by atoms with Crippen LogP contribution in [0, 0.1) is 5.82 Å². The fraction of sp³-hybridized carbons (Fsp3) is 0.143. The number of thiocarbonyl (C=S) groups is 1. The van der Waals surface area contributed by atoms with E-state index in [4.69, 9.17) is 12.2 Å². The molecular formula is C14H15FN2OS. The van der Waals surface area contributed by atoms with Crippen LogP contribution in [0.5, 0.6) is 0 Å². The summed E-state index contributed by atoms with van der Waals surface area (Å²) in [5.74, 6) is -0.762. The molecule has 0 aliphatic heterocycles. The average Bonchev–Trinajstić information content (AvgIpc) is 2.39. The van der Waals surface area contributed by atoms with Crippen LogP contribution in [0.15, 0.2) is 49.6 Å². The minimum atomic E-state index is -0.390. The van der Waals surface area contributed by atoms with Crippen molar-refractivity contribution in [2.24, 2.45) is 0 Å². The first-order valence-electron chi connectivity index (χ1n) is 5.66. The van der Waals surface area contributed by atoms with Crippen LogP contribution in [0.2, 0.25) is 0 Å². The highest BCUT2D eigenvalue weighted by Crippen LogP contribution is 2.03. The van der Waals surface area contributed by atoms with Gasteiger partial charge in [0.25, 0.3) is 5.91 Å². The van der Waals surface area contributed by atoms with Gasteiger partial charge in [-0.15, -0.1) is 13.2 Å². The van der Waals surface area contributed by atoms with Gasteiger partial charge < -0.3 is 4.90 Å². The number of nitrogens with zero attached hydrogens (tertiary/aromatic N) is 1. The van der Waals surface area contributed by atoms with Crippen molar-refractivity contribution in [3.63, 3.8) is 0 Å². The third-order valence-electron chi connectivity index (χ3n) is 2.31. The lowest BCUT2D eigenvalue weighted by Gasteiger charge is -2.22. The monoisotopic (exact) mass is 278 g/mol. The zero-order valence-electron chi connectivity index (χ0n) is 10.4. The van der Waals surface area contributed by atoms with Crippen LogP contribution in [-0.2, 0) is 0 Å². The molecule has 0 saturated heterocycles.